The van der Waals surface area contributed by atoms with E-state index in [1.54, 1.807) is 6.20 Å². The Bertz CT molecular complexity index is 1330. The van der Waals surface area contributed by atoms with Crippen molar-refractivity contribution in [2.45, 2.75) is 54.7 Å². The Balaban J connectivity index is 1.09. The van der Waals surface area contributed by atoms with E-state index in [9.17, 15) is 5.11 Å². The number of aryl methyl sites for hydroxylation is 1. The molecule has 0 aromatic carbocycles. The van der Waals surface area contributed by atoms with Gasteiger partial charge in [0.25, 0.3) is 0 Å². The number of hydrogen-bond donors (Lipinski definition) is 2. The third kappa shape index (κ3) is 4.02. The second kappa shape index (κ2) is 8.82. The van der Waals surface area contributed by atoms with Crippen LogP contribution in [0.4, 0.5) is 11.6 Å². The normalized spacial score (nSPS) is 20.6. The van der Waals surface area contributed by atoms with Crippen LogP contribution in [-0.2, 0) is 24.2 Å². The molecule has 0 radical (unpaired) electrons. The molecule has 2 N–H and O–H groups in total. The number of hydrogen-bond acceptors (Lipinski definition) is 10. The lowest BCUT2D eigenvalue weighted by Crippen LogP contribution is -2.61. The van der Waals surface area contributed by atoms with Crippen LogP contribution in [0.1, 0.15) is 35.5 Å². The minimum Gasteiger partial charge on any atom is -0.486 e. The highest BCUT2D eigenvalue weighted by molar-refractivity contribution is 7.99. The maximum Gasteiger partial charge on any atom is 0.175 e. The molecule has 7 rings (SSSR count). The number of rotatable bonds is 4. The van der Waals surface area contributed by atoms with Gasteiger partial charge < -0.3 is 24.8 Å². The largest absolute Gasteiger partial charge is 0.486 e. The van der Waals surface area contributed by atoms with E-state index in [0.717, 1.165) is 71.8 Å². The molecule has 3 aromatic rings. The van der Waals surface area contributed by atoms with E-state index in [0.29, 0.717) is 30.9 Å². The van der Waals surface area contributed by atoms with Gasteiger partial charge in [0.15, 0.2) is 17.4 Å². The van der Waals surface area contributed by atoms with Crippen molar-refractivity contribution < 1.29 is 14.6 Å². The number of piperidine rings is 1. The molecule has 0 atom stereocenters. The summed E-state index contributed by atoms with van der Waals surface area (Å²) in [5.74, 6) is 2.26. The second-order valence-corrected chi connectivity index (χ2v) is 11.8. The number of aromatic nitrogens is 4. The smallest absolute Gasteiger partial charge is 0.175 e. The van der Waals surface area contributed by atoms with Crippen molar-refractivity contribution in [3.8, 4) is 5.75 Å². The van der Waals surface area contributed by atoms with Crippen molar-refractivity contribution in [2.75, 3.05) is 43.1 Å². The minimum absolute atomic E-state index is 0.151. The van der Waals surface area contributed by atoms with Gasteiger partial charge in [-0.1, -0.05) is 17.8 Å². The van der Waals surface area contributed by atoms with Crippen LogP contribution in [0.2, 0.25) is 0 Å². The molecular formula is C27H30N6O3S. The highest BCUT2D eigenvalue weighted by atomic mass is 32.2. The molecule has 4 aliphatic rings. The SMILES string of the molecule is Cc1nc(N2CCC3(CC2)Cc2cccnc2C3)c(CO)nc1Sc1ccnc2c1OCC1(COC1)N2. The van der Waals surface area contributed by atoms with Crippen LogP contribution < -0.4 is 15.0 Å². The van der Waals surface area contributed by atoms with Crippen LogP contribution >= 0.6 is 11.8 Å². The lowest BCUT2D eigenvalue weighted by atomic mass is 9.76. The van der Waals surface area contributed by atoms with E-state index in [1.807, 2.05) is 25.3 Å². The van der Waals surface area contributed by atoms with Crippen LogP contribution in [0.25, 0.3) is 0 Å². The Morgan fingerprint density at radius 2 is 1.95 bits per heavy atom. The van der Waals surface area contributed by atoms with E-state index in [4.69, 9.17) is 19.4 Å². The molecule has 2 fully saturated rings. The number of pyridine rings is 2. The number of ether oxygens (including phenoxy) is 2. The van der Waals surface area contributed by atoms with Gasteiger partial charge in [0.2, 0.25) is 0 Å². The van der Waals surface area contributed by atoms with E-state index in [2.05, 4.69) is 26.3 Å². The van der Waals surface area contributed by atoms with Crippen LogP contribution in [0, 0.1) is 12.3 Å². The number of nitrogens with one attached hydrogen (secondary N) is 1. The van der Waals surface area contributed by atoms with Gasteiger partial charge in [-0.15, -0.1) is 0 Å². The molecule has 6 heterocycles. The van der Waals surface area contributed by atoms with Crippen molar-refractivity contribution >= 4 is 23.4 Å². The van der Waals surface area contributed by atoms with Crippen molar-refractivity contribution in [1.29, 1.82) is 0 Å². The topological polar surface area (TPSA) is 106 Å². The summed E-state index contributed by atoms with van der Waals surface area (Å²) < 4.78 is 11.5. The average molecular weight is 519 g/mol. The fraction of sp³-hybridized carbons (Fsp3) is 0.481. The highest BCUT2D eigenvalue weighted by Crippen LogP contribution is 2.46. The first-order valence-electron chi connectivity index (χ1n) is 12.9. The molecule has 2 saturated heterocycles. The quantitative estimate of drug-likeness (QED) is 0.535. The molecule has 192 valence electrons. The molecule has 0 unspecified atom stereocenters. The summed E-state index contributed by atoms with van der Waals surface area (Å²) in [5, 5.41) is 14.5. The number of nitrogens with zero attached hydrogens (tertiary/aromatic N) is 5. The van der Waals surface area contributed by atoms with Gasteiger partial charge in [-0.05, 0) is 55.7 Å². The van der Waals surface area contributed by atoms with Gasteiger partial charge in [-0.2, -0.15) is 0 Å². The first-order valence-corrected chi connectivity index (χ1v) is 13.7. The summed E-state index contributed by atoms with van der Waals surface area (Å²) in [6.07, 6.45) is 8.03. The van der Waals surface area contributed by atoms with Crippen LogP contribution in [0.15, 0.2) is 40.5 Å². The number of aliphatic hydroxyl groups is 1. The number of aliphatic hydroxyl groups excluding tert-OH is 1. The fourth-order valence-corrected chi connectivity index (χ4v) is 6.92. The van der Waals surface area contributed by atoms with Crippen molar-refractivity contribution in [3.05, 3.63) is 53.2 Å². The third-order valence-corrected chi connectivity index (χ3v) is 9.27. The zero-order valence-corrected chi connectivity index (χ0v) is 21.7. The van der Waals surface area contributed by atoms with Gasteiger partial charge in [-0.3, -0.25) is 4.98 Å². The standard InChI is InChI=1S/C27H30N6O3S/c1-17-25(37-21-4-8-29-23-22(21)36-16-27(32-23)14-35-15-27)31-20(13-34)24(30-17)33-9-5-26(6-10-33)11-18-3-2-7-28-19(18)12-26/h2-4,7-8,34H,5-6,9-16H2,1H3,(H,29,32). The van der Waals surface area contributed by atoms with Crippen molar-refractivity contribution in [1.82, 2.24) is 19.9 Å². The molecule has 2 spiro atoms. The zero-order valence-electron chi connectivity index (χ0n) is 20.9. The summed E-state index contributed by atoms with van der Waals surface area (Å²) >= 11 is 1.50. The van der Waals surface area contributed by atoms with E-state index >= 15 is 0 Å². The minimum atomic E-state index is -0.171. The van der Waals surface area contributed by atoms with Crippen molar-refractivity contribution in [2.24, 2.45) is 5.41 Å². The molecule has 0 saturated carbocycles. The predicted octanol–water partition coefficient (Wildman–Crippen LogP) is 3.18. The second-order valence-electron chi connectivity index (χ2n) is 10.8. The Kier molecular flexibility index (Phi) is 5.53. The first-order chi connectivity index (χ1) is 18.1. The number of anilines is 2. The summed E-state index contributed by atoms with van der Waals surface area (Å²) in [7, 11) is 0. The van der Waals surface area contributed by atoms with Crippen molar-refractivity contribution in [3.63, 3.8) is 0 Å². The van der Waals surface area contributed by atoms with Crippen LogP contribution in [0.3, 0.4) is 0 Å². The molecule has 37 heavy (non-hydrogen) atoms. The maximum atomic E-state index is 10.2. The Morgan fingerprint density at radius 3 is 2.70 bits per heavy atom. The molecule has 0 amide bonds. The summed E-state index contributed by atoms with van der Waals surface area (Å²) in [4.78, 5) is 22.1. The first kappa shape index (κ1) is 23.2. The lowest BCUT2D eigenvalue weighted by molar-refractivity contribution is -0.0652. The Morgan fingerprint density at radius 1 is 1.08 bits per heavy atom. The number of fused-ring (bicyclic) bond motifs is 2. The van der Waals surface area contributed by atoms with E-state index in [-0.39, 0.29) is 12.1 Å². The fourth-order valence-electron chi connectivity index (χ4n) is 5.99. The summed E-state index contributed by atoms with van der Waals surface area (Å²) in [6.45, 7) is 5.44. The summed E-state index contributed by atoms with van der Waals surface area (Å²) in [6, 6.07) is 6.20. The molecular weight excluding hydrogens is 488 g/mol. The van der Waals surface area contributed by atoms with E-state index < -0.39 is 0 Å². The monoisotopic (exact) mass is 518 g/mol. The summed E-state index contributed by atoms with van der Waals surface area (Å²) in [5.41, 5.74) is 4.25. The average Bonchev–Trinajstić information content (AvgIpc) is 3.26. The van der Waals surface area contributed by atoms with Crippen LogP contribution in [0.5, 0.6) is 5.75 Å². The molecule has 1 aliphatic carbocycles. The highest BCUT2D eigenvalue weighted by Gasteiger charge is 2.44. The molecule has 3 aromatic heterocycles. The predicted molar refractivity (Wildman–Crippen MR) is 139 cm³/mol. The van der Waals surface area contributed by atoms with Crippen LogP contribution in [-0.4, -0.2) is 63.5 Å². The zero-order chi connectivity index (χ0) is 25.0. The van der Waals surface area contributed by atoms with Gasteiger partial charge >= 0.3 is 0 Å². The van der Waals surface area contributed by atoms with Gasteiger partial charge in [-0.25, -0.2) is 15.0 Å². The molecule has 3 aliphatic heterocycles. The Labute approximate surface area is 220 Å². The maximum absolute atomic E-state index is 10.2. The molecule has 9 nitrogen and oxygen atoms in total. The third-order valence-electron chi connectivity index (χ3n) is 8.15. The lowest BCUT2D eigenvalue weighted by Gasteiger charge is -2.45. The van der Waals surface area contributed by atoms with E-state index in [1.165, 1.54) is 23.0 Å². The molecule has 10 heteroatoms. The molecule has 0 bridgehead atoms. The van der Waals surface area contributed by atoms with Gasteiger partial charge in [0.1, 0.15) is 22.9 Å². The Hall–Kier alpha value is -2.95. The van der Waals surface area contributed by atoms with Gasteiger partial charge in [0, 0.05) is 31.2 Å². The van der Waals surface area contributed by atoms with Gasteiger partial charge in [0.05, 0.1) is 30.4 Å².